The molecule has 1 aromatic carbocycles. The van der Waals surface area contributed by atoms with Crippen LogP contribution in [0.15, 0.2) is 18.2 Å². The predicted molar refractivity (Wildman–Crippen MR) is 97.4 cm³/mol. The van der Waals surface area contributed by atoms with Gasteiger partial charge < -0.3 is 19.5 Å². The fourth-order valence-corrected chi connectivity index (χ4v) is 3.45. The van der Waals surface area contributed by atoms with Gasteiger partial charge in [-0.05, 0) is 24.5 Å². The van der Waals surface area contributed by atoms with Crippen LogP contribution in [0.5, 0.6) is 11.5 Å². The fraction of sp³-hybridized carbons (Fsp3) is 0.600. The molecule has 1 aliphatic heterocycles. The SMILES string of the molecule is O=C(COC(=O)CCC1CCCCC1)Nc1ccc2c(c1)OCCCO2. The quantitative estimate of drug-likeness (QED) is 0.782. The number of carbonyl (C=O) groups is 2. The van der Waals surface area contributed by atoms with Gasteiger partial charge in [-0.3, -0.25) is 9.59 Å². The van der Waals surface area contributed by atoms with Gasteiger partial charge in [-0.15, -0.1) is 0 Å². The highest BCUT2D eigenvalue weighted by Crippen LogP contribution is 2.32. The summed E-state index contributed by atoms with van der Waals surface area (Å²) in [7, 11) is 0. The lowest BCUT2D eigenvalue weighted by atomic mass is 9.86. The molecule has 1 aliphatic carbocycles. The molecule has 1 saturated carbocycles. The standard InChI is InChI=1S/C20H27NO5/c22-19(14-26-20(23)10-7-15-5-2-1-3-6-15)21-16-8-9-17-18(13-16)25-12-4-11-24-17/h8-9,13,15H,1-7,10-12,14H2,(H,21,22). The molecule has 1 N–H and O–H groups in total. The van der Waals surface area contributed by atoms with Gasteiger partial charge in [0.2, 0.25) is 0 Å². The Kier molecular flexibility index (Phi) is 6.75. The maximum Gasteiger partial charge on any atom is 0.306 e. The van der Waals surface area contributed by atoms with Crippen LogP contribution in [0.4, 0.5) is 5.69 Å². The molecule has 3 rings (SSSR count). The zero-order valence-corrected chi connectivity index (χ0v) is 15.1. The van der Waals surface area contributed by atoms with Crippen molar-refractivity contribution in [2.24, 2.45) is 5.92 Å². The summed E-state index contributed by atoms with van der Waals surface area (Å²) in [5, 5.41) is 2.72. The van der Waals surface area contributed by atoms with Crippen LogP contribution in [0.25, 0.3) is 0 Å². The third-order valence-corrected chi connectivity index (χ3v) is 4.88. The number of amides is 1. The number of esters is 1. The summed E-state index contributed by atoms with van der Waals surface area (Å²) >= 11 is 0. The van der Waals surface area contributed by atoms with Crippen LogP contribution in [-0.4, -0.2) is 31.7 Å². The average Bonchev–Trinajstić information content (AvgIpc) is 2.90. The Bertz CT molecular complexity index is 625. The average molecular weight is 361 g/mol. The second kappa shape index (κ2) is 9.46. The molecule has 0 aromatic heterocycles. The first-order valence-electron chi connectivity index (χ1n) is 9.56. The summed E-state index contributed by atoms with van der Waals surface area (Å²) in [4.78, 5) is 23.8. The Labute approximate surface area is 154 Å². The van der Waals surface area contributed by atoms with Crippen molar-refractivity contribution in [2.75, 3.05) is 25.1 Å². The monoisotopic (exact) mass is 361 g/mol. The van der Waals surface area contributed by atoms with Crippen LogP contribution in [-0.2, 0) is 14.3 Å². The molecule has 0 saturated heterocycles. The second-order valence-electron chi connectivity index (χ2n) is 6.96. The number of nitrogens with one attached hydrogen (secondary N) is 1. The van der Waals surface area contributed by atoms with Gasteiger partial charge in [0.05, 0.1) is 13.2 Å². The van der Waals surface area contributed by atoms with E-state index >= 15 is 0 Å². The third kappa shape index (κ3) is 5.64. The maximum atomic E-state index is 12.0. The van der Waals surface area contributed by atoms with E-state index in [1.807, 2.05) is 0 Å². The van der Waals surface area contributed by atoms with Crippen molar-refractivity contribution in [3.05, 3.63) is 18.2 Å². The molecule has 26 heavy (non-hydrogen) atoms. The lowest BCUT2D eigenvalue weighted by Gasteiger charge is -2.20. The minimum atomic E-state index is -0.356. The molecule has 0 radical (unpaired) electrons. The molecule has 6 nitrogen and oxygen atoms in total. The van der Waals surface area contributed by atoms with E-state index < -0.39 is 0 Å². The van der Waals surface area contributed by atoms with Gasteiger partial charge >= 0.3 is 5.97 Å². The van der Waals surface area contributed by atoms with E-state index in [2.05, 4.69) is 5.32 Å². The van der Waals surface area contributed by atoms with Gasteiger partial charge in [0, 0.05) is 24.6 Å². The smallest absolute Gasteiger partial charge is 0.306 e. The van der Waals surface area contributed by atoms with E-state index in [9.17, 15) is 9.59 Å². The number of hydrogen-bond donors (Lipinski definition) is 1. The van der Waals surface area contributed by atoms with E-state index in [0.717, 1.165) is 12.8 Å². The first-order valence-corrected chi connectivity index (χ1v) is 9.56. The highest BCUT2D eigenvalue weighted by atomic mass is 16.5. The summed E-state index contributed by atoms with van der Waals surface area (Å²) in [5.74, 6) is 1.27. The van der Waals surface area contributed by atoms with Crippen molar-refractivity contribution in [1.82, 2.24) is 0 Å². The first kappa shape index (κ1) is 18.5. The van der Waals surface area contributed by atoms with Gasteiger partial charge in [0.1, 0.15) is 0 Å². The maximum absolute atomic E-state index is 12.0. The molecule has 1 aromatic rings. The lowest BCUT2D eigenvalue weighted by Crippen LogP contribution is -2.21. The van der Waals surface area contributed by atoms with Crippen LogP contribution in [0.1, 0.15) is 51.4 Å². The van der Waals surface area contributed by atoms with E-state index in [4.69, 9.17) is 14.2 Å². The van der Waals surface area contributed by atoms with Gasteiger partial charge in [0.25, 0.3) is 5.91 Å². The Balaban J connectivity index is 1.39. The van der Waals surface area contributed by atoms with Crippen LogP contribution in [0.2, 0.25) is 0 Å². The number of anilines is 1. The van der Waals surface area contributed by atoms with Crippen LogP contribution in [0, 0.1) is 5.92 Å². The van der Waals surface area contributed by atoms with Crippen molar-refractivity contribution in [3.8, 4) is 11.5 Å². The van der Waals surface area contributed by atoms with Crippen molar-refractivity contribution in [1.29, 1.82) is 0 Å². The Morgan fingerprint density at radius 2 is 1.81 bits per heavy atom. The first-order chi connectivity index (χ1) is 12.7. The van der Waals surface area contributed by atoms with Crippen LogP contribution >= 0.6 is 0 Å². The molecule has 1 amide bonds. The Morgan fingerprint density at radius 3 is 2.62 bits per heavy atom. The molecule has 0 atom stereocenters. The number of ether oxygens (including phenoxy) is 3. The Hall–Kier alpha value is -2.24. The normalized spacial score (nSPS) is 17.2. The summed E-state index contributed by atoms with van der Waals surface area (Å²) in [6, 6.07) is 5.24. The molecule has 0 spiro atoms. The predicted octanol–water partition coefficient (Wildman–Crippen LogP) is 3.69. The molecule has 2 aliphatic rings. The minimum absolute atomic E-state index is 0.266. The lowest BCUT2D eigenvalue weighted by molar-refractivity contribution is -0.147. The summed E-state index contributed by atoms with van der Waals surface area (Å²) < 4.78 is 16.2. The summed E-state index contributed by atoms with van der Waals surface area (Å²) in [6.07, 6.45) is 8.32. The molecule has 1 heterocycles. The molecular weight excluding hydrogens is 334 g/mol. The van der Waals surface area contributed by atoms with E-state index in [1.165, 1.54) is 32.1 Å². The van der Waals surface area contributed by atoms with Gasteiger partial charge in [0.15, 0.2) is 18.1 Å². The van der Waals surface area contributed by atoms with Crippen molar-refractivity contribution in [3.63, 3.8) is 0 Å². The summed E-state index contributed by atoms with van der Waals surface area (Å²) in [6.45, 7) is 0.941. The van der Waals surface area contributed by atoms with E-state index in [1.54, 1.807) is 18.2 Å². The number of carbonyl (C=O) groups excluding carboxylic acids is 2. The van der Waals surface area contributed by atoms with Crippen molar-refractivity contribution >= 4 is 17.6 Å². The molecule has 1 fully saturated rings. The number of rotatable bonds is 6. The molecule has 6 heteroatoms. The molecule has 142 valence electrons. The number of hydrogen-bond acceptors (Lipinski definition) is 5. The van der Waals surface area contributed by atoms with Crippen molar-refractivity contribution < 1.29 is 23.8 Å². The Morgan fingerprint density at radius 1 is 1.04 bits per heavy atom. The highest BCUT2D eigenvalue weighted by Gasteiger charge is 2.16. The van der Waals surface area contributed by atoms with E-state index in [0.29, 0.717) is 42.7 Å². The summed E-state index contributed by atoms with van der Waals surface area (Å²) in [5.41, 5.74) is 0.595. The zero-order chi connectivity index (χ0) is 18.2. The van der Waals surface area contributed by atoms with Crippen LogP contribution in [0.3, 0.4) is 0 Å². The van der Waals surface area contributed by atoms with Gasteiger partial charge in [-0.25, -0.2) is 0 Å². The van der Waals surface area contributed by atoms with Gasteiger partial charge in [-0.1, -0.05) is 32.1 Å². The fourth-order valence-electron chi connectivity index (χ4n) is 3.45. The molecule has 0 unspecified atom stereocenters. The third-order valence-electron chi connectivity index (χ3n) is 4.88. The number of fused-ring (bicyclic) bond motifs is 1. The van der Waals surface area contributed by atoms with Crippen LogP contribution < -0.4 is 14.8 Å². The second-order valence-corrected chi connectivity index (χ2v) is 6.96. The largest absolute Gasteiger partial charge is 0.490 e. The topological polar surface area (TPSA) is 73.9 Å². The molecular formula is C20H27NO5. The van der Waals surface area contributed by atoms with Gasteiger partial charge in [-0.2, -0.15) is 0 Å². The van der Waals surface area contributed by atoms with Crippen molar-refractivity contribution in [2.45, 2.75) is 51.4 Å². The zero-order valence-electron chi connectivity index (χ0n) is 15.1. The highest BCUT2D eigenvalue weighted by molar-refractivity contribution is 5.93. The number of benzene rings is 1. The molecule has 0 bridgehead atoms. The van der Waals surface area contributed by atoms with E-state index in [-0.39, 0.29) is 18.5 Å². The minimum Gasteiger partial charge on any atom is -0.490 e.